The van der Waals surface area contributed by atoms with E-state index in [0.29, 0.717) is 11.3 Å². The average Bonchev–Trinajstić information content (AvgIpc) is 2.54. The van der Waals surface area contributed by atoms with Crippen molar-refractivity contribution in [3.63, 3.8) is 0 Å². The molecule has 0 fully saturated rings. The summed E-state index contributed by atoms with van der Waals surface area (Å²) in [5, 5.41) is 2.82. The maximum atomic E-state index is 12.8. The minimum atomic E-state index is -3.94. The number of carbonyl (C=O) groups excluding carboxylic acids is 1. The van der Waals surface area contributed by atoms with Gasteiger partial charge in [-0.2, -0.15) is 8.42 Å². The molecule has 0 aliphatic heterocycles. The summed E-state index contributed by atoms with van der Waals surface area (Å²) in [5.74, 6) is -1.28. The average molecular weight is 362 g/mol. The Balaban J connectivity index is 2.03. The first kappa shape index (κ1) is 18.1. The van der Waals surface area contributed by atoms with Gasteiger partial charge in [-0.1, -0.05) is 0 Å². The molecule has 0 radical (unpaired) electrons. The third-order valence-corrected chi connectivity index (χ3v) is 4.31. The number of nitrogens with two attached hydrogens (primary N) is 2. The number of anilines is 1. The van der Waals surface area contributed by atoms with Gasteiger partial charge < -0.3 is 16.8 Å². The van der Waals surface area contributed by atoms with E-state index in [4.69, 9.17) is 11.5 Å². The third kappa shape index (κ3) is 5.15. The Morgan fingerprint density at radius 1 is 1.04 bits per heavy atom. The molecule has 0 aliphatic carbocycles. The summed E-state index contributed by atoms with van der Waals surface area (Å²) in [7, 11) is -3.94. The highest BCUT2D eigenvalue weighted by atomic mass is 32.2. The summed E-state index contributed by atoms with van der Waals surface area (Å²) in [6.07, 6.45) is 2.67. The molecule has 0 saturated heterocycles. The van der Waals surface area contributed by atoms with E-state index in [2.05, 4.69) is 9.71 Å². The van der Waals surface area contributed by atoms with Crippen LogP contribution in [0.4, 0.5) is 10.1 Å². The molecule has 0 spiro atoms. The molecule has 0 aliphatic rings. The van der Waals surface area contributed by atoms with Gasteiger partial charge in [-0.25, -0.2) is 4.39 Å². The van der Waals surface area contributed by atoms with E-state index < -0.39 is 21.8 Å². The molecule has 25 heavy (non-hydrogen) atoms. The minimum Gasteiger partial charge on any atom is -0.369 e. The van der Waals surface area contributed by atoms with Crippen molar-refractivity contribution in [2.75, 3.05) is 5.32 Å². The molecule has 0 bridgehead atoms. The normalized spacial score (nSPS) is 11.2. The van der Waals surface area contributed by atoms with E-state index in [1.807, 2.05) is 0 Å². The number of hydrogen-bond donors (Lipinski definition) is 3. The Kier molecular flexibility index (Phi) is 5.50. The molecule has 130 valence electrons. The molecule has 7 nitrogen and oxygen atoms in total. The smallest absolute Gasteiger partial charge is 0.285 e. The van der Waals surface area contributed by atoms with E-state index in [9.17, 15) is 17.6 Å². The van der Waals surface area contributed by atoms with Crippen molar-refractivity contribution in [2.45, 2.75) is 4.90 Å². The predicted molar refractivity (Wildman–Crippen MR) is 92.9 cm³/mol. The van der Waals surface area contributed by atoms with Crippen LogP contribution in [0.5, 0.6) is 0 Å². The van der Waals surface area contributed by atoms with Gasteiger partial charge in [-0.05, 0) is 48.5 Å². The fourth-order valence-corrected chi connectivity index (χ4v) is 2.70. The van der Waals surface area contributed by atoms with Crippen LogP contribution in [0.15, 0.2) is 70.1 Å². The Morgan fingerprint density at radius 2 is 1.64 bits per heavy atom. The Bertz CT molecular complexity index is 917. The van der Waals surface area contributed by atoms with Crippen LogP contribution < -0.4 is 16.8 Å². The maximum Gasteiger partial charge on any atom is 0.285 e. The highest BCUT2D eigenvalue weighted by Crippen LogP contribution is 2.16. The second-order valence-corrected chi connectivity index (χ2v) is 6.47. The standard InChI is InChI=1S/C16H15FN4O3S/c17-12-3-1-11(2-4-12)15(22)9-10-20-13-5-7-14(8-6-13)25(23,24)21-16(18)19/h1-10,20H,(H4,18,19,21)/b10-9+. The van der Waals surface area contributed by atoms with Gasteiger partial charge >= 0.3 is 0 Å². The Morgan fingerprint density at radius 3 is 2.20 bits per heavy atom. The Hall–Kier alpha value is -3.20. The van der Waals surface area contributed by atoms with Crippen LogP contribution in [0.25, 0.3) is 0 Å². The lowest BCUT2D eigenvalue weighted by Gasteiger charge is -2.03. The summed E-state index contributed by atoms with van der Waals surface area (Å²) < 4.78 is 39.5. The van der Waals surface area contributed by atoms with E-state index in [0.717, 1.165) is 0 Å². The van der Waals surface area contributed by atoms with E-state index in [1.165, 1.54) is 60.8 Å². The molecule has 2 aromatic rings. The molecule has 0 amide bonds. The minimum absolute atomic E-state index is 0.0715. The molecule has 0 aromatic heterocycles. The molecule has 0 heterocycles. The van der Waals surface area contributed by atoms with E-state index >= 15 is 0 Å². The zero-order chi connectivity index (χ0) is 18.4. The number of nitrogens with zero attached hydrogens (tertiary/aromatic N) is 1. The highest BCUT2D eigenvalue weighted by Gasteiger charge is 2.12. The number of sulfonamides is 1. The predicted octanol–water partition coefficient (Wildman–Crippen LogP) is 1.60. The number of guanidine groups is 1. The van der Waals surface area contributed by atoms with Crippen LogP contribution in [0.1, 0.15) is 10.4 Å². The zero-order valence-corrected chi connectivity index (χ0v) is 13.7. The van der Waals surface area contributed by atoms with E-state index in [-0.39, 0.29) is 10.7 Å². The zero-order valence-electron chi connectivity index (χ0n) is 12.9. The lowest BCUT2D eigenvalue weighted by Crippen LogP contribution is -2.24. The summed E-state index contributed by atoms with van der Waals surface area (Å²) in [5.41, 5.74) is 11.0. The maximum absolute atomic E-state index is 12.8. The first-order valence-electron chi connectivity index (χ1n) is 6.97. The number of allylic oxidation sites excluding steroid dienone is 1. The van der Waals surface area contributed by atoms with Crippen molar-refractivity contribution in [3.05, 3.63) is 72.2 Å². The van der Waals surface area contributed by atoms with Crippen LogP contribution in [0, 0.1) is 5.82 Å². The number of halogens is 1. The fourth-order valence-electron chi connectivity index (χ4n) is 1.84. The van der Waals surface area contributed by atoms with Crippen molar-refractivity contribution >= 4 is 27.5 Å². The SMILES string of the molecule is NC(N)=NS(=O)(=O)c1ccc(N/C=C/C(=O)c2ccc(F)cc2)cc1. The van der Waals surface area contributed by atoms with Crippen LogP contribution in [-0.4, -0.2) is 20.2 Å². The number of carbonyl (C=O) groups is 1. The molecule has 9 heteroatoms. The largest absolute Gasteiger partial charge is 0.369 e. The summed E-state index contributed by atoms with van der Waals surface area (Å²) in [4.78, 5) is 11.8. The second kappa shape index (κ2) is 7.58. The molecule has 2 aromatic carbocycles. The van der Waals surface area contributed by atoms with Crippen molar-refractivity contribution in [1.82, 2.24) is 0 Å². The van der Waals surface area contributed by atoms with E-state index in [1.54, 1.807) is 0 Å². The van der Waals surface area contributed by atoms with Crippen molar-refractivity contribution < 1.29 is 17.6 Å². The monoisotopic (exact) mass is 362 g/mol. The highest BCUT2D eigenvalue weighted by molar-refractivity contribution is 7.90. The van der Waals surface area contributed by atoms with Gasteiger partial charge in [0, 0.05) is 23.5 Å². The summed E-state index contributed by atoms with van der Waals surface area (Å²) in [6, 6.07) is 10.8. The topological polar surface area (TPSA) is 128 Å². The number of nitrogens with one attached hydrogen (secondary N) is 1. The van der Waals surface area contributed by atoms with Gasteiger partial charge in [0.15, 0.2) is 5.78 Å². The fraction of sp³-hybridized carbons (Fsp3) is 0. The second-order valence-electron chi connectivity index (χ2n) is 4.86. The molecular formula is C16H15FN4O3S. The summed E-state index contributed by atoms with van der Waals surface area (Å²) in [6.45, 7) is 0. The van der Waals surface area contributed by atoms with Crippen molar-refractivity contribution in [3.8, 4) is 0 Å². The van der Waals surface area contributed by atoms with Gasteiger partial charge in [-0.15, -0.1) is 4.40 Å². The van der Waals surface area contributed by atoms with Gasteiger partial charge in [0.1, 0.15) is 5.82 Å². The first-order chi connectivity index (χ1) is 11.8. The molecular weight excluding hydrogens is 347 g/mol. The molecule has 0 saturated carbocycles. The lowest BCUT2D eigenvalue weighted by molar-refractivity contribution is 0.104. The van der Waals surface area contributed by atoms with Crippen LogP contribution in [0.2, 0.25) is 0 Å². The number of ketones is 1. The van der Waals surface area contributed by atoms with Gasteiger partial charge in [-0.3, -0.25) is 4.79 Å². The summed E-state index contributed by atoms with van der Waals surface area (Å²) >= 11 is 0. The van der Waals surface area contributed by atoms with Crippen LogP contribution in [0.3, 0.4) is 0 Å². The van der Waals surface area contributed by atoms with Crippen molar-refractivity contribution in [2.24, 2.45) is 15.9 Å². The molecule has 5 N–H and O–H groups in total. The molecule has 2 rings (SSSR count). The third-order valence-electron chi connectivity index (χ3n) is 2.99. The van der Waals surface area contributed by atoms with Gasteiger partial charge in [0.05, 0.1) is 4.90 Å². The number of hydrogen-bond acceptors (Lipinski definition) is 4. The number of benzene rings is 2. The molecule has 0 unspecified atom stereocenters. The van der Waals surface area contributed by atoms with Crippen LogP contribution in [-0.2, 0) is 10.0 Å². The van der Waals surface area contributed by atoms with Gasteiger partial charge in [0.2, 0.25) is 5.96 Å². The quantitative estimate of drug-likeness (QED) is 0.310. The van der Waals surface area contributed by atoms with Crippen LogP contribution >= 0.6 is 0 Å². The van der Waals surface area contributed by atoms with Gasteiger partial charge in [0.25, 0.3) is 10.0 Å². The van der Waals surface area contributed by atoms with Crippen molar-refractivity contribution in [1.29, 1.82) is 0 Å². The first-order valence-corrected chi connectivity index (χ1v) is 8.41. The lowest BCUT2D eigenvalue weighted by atomic mass is 10.1. The Labute approximate surface area is 143 Å². The number of rotatable bonds is 6. The molecule has 0 atom stereocenters.